The molecule has 4 rings (SSSR count). The largest absolute Gasteiger partial charge is 0.444 e. The van der Waals surface area contributed by atoms with Crippen LogP contribution < -0.4 is 10.6 Å². The Morgan fingerprint density at radius 2 is 1.87 bits per heavy atom. The highest BCUT2D eigenvalue weighted by Gasteiger charge is 2.12. The molecule has 30 heavy (non-hydrogen) atoms. The van der Waals surface area contributed by atoms with Crippen LogP contribution in [0.5, 0.6) is 0 Å². The molecule has 0 radical (unpaired) electrons. The van der Waals surface area contributed by atoms with E-state index in [0.717, 1.165) is 5.56 Å². The van der Waals surface area contributed by atoms with Crippen LogP contribution in [-0.4, -0.2) is 26.3 Å². The SMILES string of the molecule is O=C(NCc1cccnc1-n1ccnc1)c1ccc(NC(=O)c2ccc(Br)o2)cc1. The van der Waals surface area contributed by atoms with Gasteiger partial charge in [0, 0.05) is 41.9 Å². The van der Waals surface area contributed by atoms with E-state index in [1.807, 2.05) is 12.1 Å². The third-order valence-corrected chi connectivity index (χ3v) is 4.68. The summed E-state index contributed by atoms with van der Waals surface area (Å²) in [5.74, 6) is 0.288. The van der Waals surface area contributed by atoms with Crippen molar-refractivity contribution in [3.05, 3.63) is 95.0 Å². The van der Waals surface area contributed by atoms with Crippen LogP contribution >= 0.6 is 15.9 Å². The van der Waals surface area contributed by atoms with E-state index in [4.69, 9.17) is 4.42 Å². The Labute approximate surface area is 180 Å². The number of anilines is 1. The number of amides is 2. The molecule has 3 heterocycles. The molecule has 0 aliphatic carbocycles. The number of imidazole rings is 1. The van der Waals surface area contributed by atoms with Crippen LogP contribution in [0.4, 0.5) is 5.69 Å². The quantitative estimate of drug-likeness (QED) is 0.450. The number of hydrogen-bond acceptors (Lipinski definition) is 5. The molecule has 3 aromatic heterocycles. The highest BCUT2D eigenvalue weighted by molar-refractivity contribution is 9.10. The minimum absolute atomic E-state index is 0.189. The number of hydrogen-bond donors (Lipinski definition) is 2. The van der Waals surface area contributed by atoms with Crippen LogP contribution in [0, 0.1) is 0 Å². The average molecular weight is 466 g/mol. The van der Waals surface area contributed by atoms with E-state index in [-0.39, 0.29) is 17.6 Å². The Bertz CT molecular complexity index is 1170. The molecule has 150 valence electrons. The van der Waals surface area contributed by atoms with Crippen molar-refractivity contribution in [2.75, 3.05) is 5.32 Å². The minimum Gasteiger partial charge on any atom is -0.444 e. The molecule has 0 atom stereocenters. The first-order chi connectivity index (χ1) is 14.6. The number of rotatable bonds is 6. The molecule has 4 aromatic rings. The Balaban J connectivity index is 1.38. The van der Waals surface area contributed by atoms with Crippen molar-refractivity contribution in [3.63, 3.8) is 0 Å². The first-order valence-electron chi connectivity index (χ1n) is 8.97. The van der Waals surface area contributed by atoms with Crippen LogP contribution in [0.15, 0.2) is 82.5 Å². The molecule has 0 saturated heterocycles. The van der Waals surface area contributed by atoms with Crippen LogP contribution in [0.3, 0.4) is 0 Å². The summed E-state index contributed by atoms with van der Waals surface area (Å²) in [6, 6.07) is 13.5. The van der Waals surface area contributed by atoms with E-state index >= 15 is 0 Å². The highest BCUT2D eigenvalue weighted by atomic mass is 79.9. The third kappa shape index (κ3) is 4.47. The summed E-state index contributed by atoms with van der Waals surface area (Å²) in [6.45, 7) is 0.312. The average Bonchev–Trinajstić information content (AvgIpc) is 3.45. The lowest BCUT2D eigenvalue weighted by molar-refractivity contribution is 0.0950. The lowest BCUT2D eigenvalue weighted by Gasteiger charge is -2.10. The summed E-state index contributed by atoms with van der Waals surface area (Å²) < 4.78 is 7.48. The van der Waals surface area contributed by atoms with Crippen molar-refractivity contribution >= 4 is 33.4 Å². The zero-order valence-corrected chi connectivity index (χ0v) is 17.2. The molecule has 9 heteroatoms. The molecule has 1 aromatic carbocycles. The van der Waals surface area contributed by atoms with Gasteiger partial charge in [-0.15, -0.1) is 0 Å². The van der Waals surface area contributed by atoms with Crippen molar-refractivity contribution in [1.82, 2.24) is 19.9 Å². The first kappa shape index (κ1) is 19.6. The zero-order valence-electron chi connectivity index (χ0n) is 15.6. The Morgan fingerprint density at radius 1 is 1.03 bits per heavy atom. The Kier molecular flexibility index (Phi) is 5.71. The number of halogens is 1. The zero-order chi connectivity index (χ0) is 20.9. The minimum atomic E-state index is -0.374. The fourth-order valence-corrected chi connectivity index (χ4v) is 3.10. The van der Waals surface area contributed by atoms with Gasteiger partial charge in [-0.1, -0.05) is 6.07 Å². The predicted molar refractivity (Wildman–Crippen MR) is 113 cm³/mol. The number of pyridine rings is 1. The van der Waals surface area contributed by atoms with Crippen LogP contribution in [0.2, 0.25) is 0 Å². The first-order valence-corrected chi connectivity index (χ1v) is 9.76. The number of carbonyl (C=O) groups is 2. The maximum atomic E-state index is 12.5. The fourth-order valence-electron chi connectivity index (χ4n) is 2.80. The summed E-state index contributed by atoms with van der Waals surface area (Å²) >= 11 is 3.16. The highest BCUT2D eigenvalue weighted by Crippen LogP contribution is 2.17. The van der Waals surface area contributed by atoms with E-state index in [9.17, 15) is 9.59 Å². The van der Waals surface area contributed by atoms with Gasteiger partial charge < -0.3 is 15.1 Å². The second kappa shape index (κ2) is 8.75. The normalized spacial score (nSPS) is 10.6. The predicted octanol–water partition coefficient (Wildman–Crippen LogP) is 3.81. The van der Waals surface area contributed by atoms with Gasteiger partial charge in [0.2, 0.25) is 0 Å². The topological polar surface area (TPSA) is 102 Å². The Morgan fingerprint density at radius 3 is 2.57 bits per heavy atom. The molecule has 8 nitrogen and oxygen atoms in total. The molecule has 2 amide bonds. The monoisotopic (exact) mass is 465 g/mol. The summed E-state index contributed by atoms with van der Waals surface area (Å²) in [5.41, 5.74) is 1.89. The van der Waals surface area contributed by atoms with E-state index < -0.39 is 0 Å². The van der Waals surface area contributed by atoms with Crippen LogP contribution in [0.1, 0.15) is 26.5 Å². The van der Waals surface area contributed by atoms with Gasteiger partial charge in [-0.3, -0.25) is 14.2 Å². The number of furan rings is 1. The molecule has 0 unspecified atom stereocenters. The lowest BCUT2D eigenvalue weighted by atomic mass is 10.2. The molecule has 0 spiro atoms. The molecule has 0 aliphatic rings. The van der Waals surface area contributed by atoms with Crippen LogP contribution in [-0.2, 0) is 6.54 Å². The molecular weight excluding hydrogens is 450 g/mol. The number of benzene rings is 1. The summed E-state index contributed by atoms with van der Waals surface area (Å²) in [4.78, 5) is 33.0. The van der Waals surface area contributed by atoms with Gasteiger partial charge in [0.15, 0.2) is 10.4 Å². The smallest absolute Gasteiger partial charge is 0.291 e. The van der Waals surface area contributed by atoms with E-state index in [1.165, 1.54) is 0 Å². The maximum Gasteiger partial charge on any atom is 0.291 e. The second-order valence-corrected chi connectivity index (χ2v) is 7.06. The van der Waals surface area contributed by atoms with Crippen molar-refractivity contribution in [3.8, 4) is 5.82 Å². The maximum absolute atomic E-state index is 12.5. The molecule has 0 aliphatic heterocycles. The van der Waals surface area contributed by atoms with Gasteiger partial charge in [-0.2, -0.15) is 0 Å². The summed E-state index contributed by atoms with van der Waals surface area (Å²) in [7, 11) is 0. The van der Waals surface area contributed by atoms with E-state index in [0.29, 0.717) is 28.3 Å². The van der Waals surface area contributed by atoms with Gasteiger partial charge in [0.05, 0.1) is 0 Å². The standard InChI is InChI=1S/C21H16BrN5O3/c22-18-8-7-17(30-18)21(29)26-16-5-3-14(4-6-16)20(28)25-12-15-2-1-9-24-19(15)27-11-10-23-13-27/h1-11,13H,12H2,(H,25,28)(H,26,29). The van der Waals surface area contributed by atoms with Gasteiger partial charge in [0.25, 0.3) is 11.8 Å². The number of nitrogens with zero attached hydrogens (tertiary/aromatic N) is 3. The van der Waals surface area contributed by atoms with Gasteiger partial charge in [0.1, 0.15) is 12.1 Å². The molecule has 0 saturated carbocycles. The van der Waals surface area contributed by atoms with E-state index in [1.54, 1.807) is 65.9 Å². The molecule has 0 bridgehead atoms. The van der Waals surface area contributed by atoms with Crippen molar-refractivity contribution < 1.29 is 14.0 Å². The van der Waals surface area contributed by atoms with Gasteiger partial charge in [-0.05, 0) is 58.4 Å². The summed E-state index contributed by atoms with van der Waals surface area (Å²) in [5, 5.41) is 5.60. The number of nitrogens with one attached hydrogen (secondary N) is 2. The van der Waals surface area contributed by atoms with Crippen molar-refractivity contribution in [2.24, 2.45) is 0 Å². The number of carbonyl (C=O) groups excluding carboxylic acids is 2. The van der Waals surface area contributed by atoms with Crippen LogP contribution in [0.25, 0.3) is 5.82 Å². The molecule has 0 fully saturated rings. The van der Waals surface area contributed by atoms with Gasteiger partial charge >= 0.3 is 0 Å². The van der Waals surface area contributed by atoms with Crippen molar-refractivity contribution in [1.29, 1.82) is 0 Å². The third-order valence-electron chi connectivity index (χ3n) is 4.26. The summed E-state index contributed by atoms with van der Waals surface area (Å²) in [6.07, 6.45) is 6.81. The van der Waals surface area contributed by atoms with E-state index in [2.05, 4.69) is 36.5 Å². The number of aromatic nitrogens is 3. The van der Waals surface area contributed by atoms with Crippen molar-refractivity contribution in [2.45, 2.75) is 6.54 Å². The molecular formula is C21H16BrN5O3. The lowest BCUT2D eigenvalue weighted by Crippen LogP contribution is -2.23. The Hall–Kier alpha value is -3.72. The second-order valence-electron chi connectivity index (χ2n) is 6.27. The molecule has 2 N–H and O–H groups in total. The fraction of sp³-hybridized carbons (Fsp3) is 0.0476. The van der Waals surface area contributed by atoms with Gasteiger partial charge in [-0.25, -0.2) is 9.97 Å².